The first-order valence-electron chi connectivity index (χ1n) is 12.7. The Morgan fingerprint density at radius 1 is 1.11 bits per heavy atom. The molecular weight excluding hydrogens is 474 g/mol. The highest BCUT2D eigenvalue weighted by Gasteiger charge is 2.32. The molecule has 3 atom stereocenters. The molecule has 210 valence electrons. The fourth-order valence-electron chi connectivity index (χ4n) is 4.96. The van der Waals surface area contributed by atoms with E-state index in [9.17, 15) is 9.90 Å². The molecule has 1 fully saturated rings. The lowest BCUT2D eigenvalue weighted by Crippen LogP contribution is -2.39. The van der Waals surface area contributed by atoms with Crippen LogP contribution in [-0.2, 0) is 9.53 Å². The van der Waals surface area contributed by atoms with Crippen LogP contribution in [0.15, 0.2) is 42.5 Å². The zero-order chi connectivity index (χ0) is 25.3. The summed E-state index contributed by atoms with van der Waals surface area (Å²) in [6.07, 6.45) is 1.88. The van der Waals surface area contributed by atoms with Gasteiger partial charge in [-0.25, -0.2) is 0 Å². The Morgan fingerprint density at radius 2 is 1.84 bits per heavy atom. The van der Waals surface area contributed by atoms with Crippen LogP contribution < -0.4 is 18.9 Å². The number of likely N-dealkylation sites (tertiary alicyclic amines) is 1. The monoisotopic (exact) mass is 521 g/mol. The van der Waals surface area contributed by atoms with Gasteiger partial charge in [0.05, 0.1) is 26.4 Å². The molecule has 4 rings (SSSR count). The molecule has 0 saturated carbocycles. The summed E-state index contributed by atoms with van der Waals surface area (Å²) in [6, 6.07) is 13.1. The van der Waals surface area contributed by atoms with Gasteiger partial charge < -0.3 is 28.8 Å². The maximum atomic E-state index is 13.0. The van der Waals surface area contributed by atoms with E-state index in [1.54, 1.807) is 14.2 Å². The minimum absolute atomic E-state index is 0. The van der Waals surface area contributed by atoms with E-state index in [4.69, 9.17) is 23.7 Å². The van der Waals surface area contributed by atoms with Crippen molar-refractivity contribution in [1.82, 2.24) is 4.90 Å². The number of hydrogen-bond acceptors (Lipinski definition) is 8. The van der Waals surface area contributed by atoms with Crippen LogP contribution in [0.2, 0.25) is 0 Å². The van der Waals surface area contributed by atoms with Crippen molar-refractivity contribution in [1.29, 1.82) is 0 Å². The van der Waals surface area contributed by atoms with Gasteiger partial charge in [0.15, 0.2) is 11.5 Å². The van der Waals surface area contributed by atoms with Crippen molar-refractivity contribution >= 4 is 5.78 Å². The van der Waals surface area contributed by atoms with Crippen molar-refractivity contribution < 1.29 is 37.9 Å². The van der Waals surface area contributed by atoms with E-state index in [1.807, 2.05) is 42.5 Å². The van der Waals surface area contributed by atoms with Gasteiger partial charge in [0.2, 0.25) is 0 Å². The topological polar surface area (TPSA) is 86.7 Å². The minimum atomic E-state index is -0.809. The first kappa shape index (κ1) is 28.8. The fourth-order valence-corrected chi connectivity index (χ4v) is 4.96. The summed E-state index contributed by atoms with van der Waals surface area (Å²) in [5.74, 6) is 2.56. The summed E-state index contributed by atoms with van der Waals surface area (Å²) < 4.78 is 27.7. The summed E-state index contributed by atoms with van der Waals surface area (Å²) >= 11 is 0. The van der Waals surface area contributed by atoms with Crippen LogP contribution in [0.5, 0.6) is 23.0 Å². The third-order valence-corrected chi connectivity index (χ3v) is 6.88. The van der Waals surface area contributed by atoms with E-state index in [-0.39, 0.29) is 42.9 Å². The van der Waals surface area contributed by atoms with Crippen LogP contribution in [0.25, 0.3) is 0 Å². The molecule has 2 aliphatic heterocycles. The van der Waals surface area contributed by atoms with Crippen LogP contribution in [-0.4, -0.2) is 75.6 Å². The average Bonchev–Trinajstić information content (AvgIpc) is 3.34. The molecule has 0 amide bonds. The first-order valence-corrected chi connectivity index (χ1v) is 12.7. The van der Waals surface area contributed by atoms with Crippen LogP contribution in [0.1, 0.15) is 49.1 Å². The highest BCUT2D eigenvalue weighted by Crippen LogP contribution is 2.36. The quantitative estimate of drug-likeness (QED) is 0.393. The highest BCUT2D eigenvalue weighted by molar-refractivity contribution is 5.78. The molecule has 0 spiro atoms. The Hall–Kier alpha value is -2.81. The van der Waals surface area contributed by atoms with Gasteiger partial charge >= 0.3 is 0 Å². The van der Waals surface area contributed by atoms with Crippen molar-refractivity contribution in [2.24, 2.45) is 5.92 Å². The summed E-state index contributed by atoms with van der Waals surface area (Å²) in [7, 11) is 3.33. The number of benzene rings is 2. The van der Waals surface area contributed by atoms with Gasteiger partial charge in [0.1, 0.15) is 30.5 Å². The van der Waals surface area contributed by atoms with Gasteiger partial charge in [0.25, 0.3) is 0 Å². The molecule has 2 aromatic rings. The molecule has 8 nitrogen and oxygen atoms in total. The molecule has 37 heavy (non-hydrogen) atoms. The van der Waals surface area contributed by atoms with Gasteiger partial charge in [-0.15, -0.1) is 0 Å². The van der Waals surface area contributed by atoms with E-state index in [2.05, 4.69) is 4.90 Å². The molecule has 8 heteroatoms. The SMILES string of the molecule is C.COC[C@@H]1CCCN1C[C@@H](CC(=O)CCOc1ccc(OC)cc1)[C@@H](O)c1ccc2c(c1)OCCO2.[HH].[HH].[HH]. The van der Waals surface area contributed by atoms with Crippen LogP contribution in [0.4, 0.5) is 0 Å². The molecule has 1 saturated heterocycles. The number of ketones is 1. The molecule has 0 unspecified atom stereocenters. The number of fused-ring (bicyclic) bond motifs is 1. The molecule has 0 aromatic heterocycles. The maximum absolute atomic E-state index is 13.0. The number of methoxy groups -OCH3 is 2. The summed E-state index contributed by atoms with van der Waals surface area (Å²) in [5.41, 5.74) is 0.731. The smallest absolute Gasteiger partial charge is 0.161 e. The molecule has 1 N–H and O–H groups in total. The van der Waals surface area contributed by atoms with Crippen LogP contribution >= 0.6 is 0 Å². The number of aliphatic hydroxyl groups excluding tert-OH is 1. The zero-order valence-corrected chi connectivity index (χ0v) is 21.2. The van der Waals surface area contributed by atoms with Crippen molar-refractivity contribution in [2.75, 3.05) is 53.7 Å². The molecule has 2 aromatic carbocycles. The van der Waals surface area contributed by atoms with Crippen LogP contribution in [0.3, 0.4) is 0 Å². The molecule has 0 bridgehead atoms. The van der Waals surface area contributed by atoms with Crippen molar-refractivity contribution in [3.63, 3.8) is 0 Å². The number of Topliss-reactive ketones (excluding diaryl/α,β-unsaturated/α-hetero) is 1. The minimum Gasteiger partial charge on any atom is -0.497 e. The van der Waals surface area contributed by atoms with Gasteiger partial charge in [-0.05, 0) is 61.3 Å². The first-order chi connectivity index (χ1) is 17.6. The molecule has 0 radical (unpaired) electrons. The Labute approximate surface area is 224 Å². The van der Waals surface area contributed by atoms with Gasteiger partial charge in [-0.1, -0.05) is 13.5 Å². The largest absolute Gasteiger partial charge is 0.497 e. The molecule has 2 heterocycles. The van der Waals surface area contributed by atoms with Crippen molar-refractivity contribution in [3.8, 4) is 23.0 Å². The third-order valence-electron chi connectivity index (χ3n) is 6.88. The van der Waals surface area contributed by atoms with E-state index < -0.39 is 6.10 Å². The van der Waals surface area contributed by atoms with Crippen molar-refractivity contribution in [3.05, 3.63) is 48.0 Å². The van der Waals surface area contributed by atoms with E-state index in [0.717, 1.165) is 30.7 Å². The standard InChI is InChI=1S/C28H37NO7.CH4.3H2/c1-32-19-22-4-3-12-29(22)18-21(28(31)20-5-10-26-27(17-20)36-15-14-35-26)16-23(30)11-13-34-25-8-6-24(33-2)7-9-25;;;;/h5-10,17,21-22,28,31H,3-4,11-16,18-19H2,1-2H3;1H4;3*1H/t21-,22+,28+;;;;/m1..../s1. The summed E-state index contributed by atoms with van der Waals surface area (Å²) in [6.45, 7) is 3.49. The molecular formula is C29H47NO7. The molecule has 2 aliphatic rings. The number of carbonyl (C=O) groups is 1. The lowest BCUT2D eigenvalue weighted by molar-refractivity contribution is -0.121. The number of rotatable bonds is 13. The predicted octanol–water partition coefficient (Wildman–Crippen LogP) is 5.03. The lowest BCUT2D eigenvalue weighted by Gasteiger charge is -2.31. The number of nitrogens with zero attached hydrogens (tertiary/aromatic N) is 1. The Morgan fingerprint density at radius 3 is 2.57 bits per heavy atom. The highest BCUT2D eigenvalue weighted by atomic mass is 16.6. The van der Waals surface area contributed by atoms with E-state index >= 15 is 0 Å². The summed E-state index contributed by atoms with van der Waals surface area (Å²) in [5, 5.41) is 11.4. The van der Waals surface area contributed by atoms with Crippen molar-refractivity contribution in [2.45, 2.75) is 45.3 Å². The van der Waals surface area contributed by atoms with Gasteiger partial charge in [-0.3, -0.25) is 9.69 Å². The summed E-state index contributed by atoms with van der Waals surface area (Å²) in [4.78, 5) is 15.3. The fraction of sp³-hybridized carbons (Fsp3) is 0.552. The molecule has 0 aliphatic carbocycles. The van der Waals surface area contributed by atoms with E-state index in [1.165, 1.54) is 0 Å². The third kappa shape index (κ3) is 7.84. The van der Waals surface area contributed by atoms with E-state index in [0.29, 0.717) is 49.7 Å². The maximum Gasteiger partial charge on any atom is 0.161 e. The zero-order valence-electron chi connectivity index (χ0n) is 21.2. The number of hydrogen-bond donors (Lipinski definition) is 1. The van der Waals surface area contributed by atoms with Gasteiger partial charge in [0, 0.05) is 42.7 Å². The number of aliphatic hydroxyl groups is 1. The second kappa shape index (κ2) is 14.2. The second-order valence-corrected chi connectivity index (χ2v) is 9.37. The Bertz CT molecular complexity index is 996. The number of carbonyl (C=O) groups excluding carboxylic acids is 1. The average molecular weight is 522 g/mol. The lowest BCUT2D eigenvalue weighted by atomic mass is 9.89. The predicted molar refractivity (Wildman–Crippen MR) is 148 cm³/mol. The Balaban J connectivity index is 0.00000380. The number of ether oxygens (including phenoxy) is 5. The van der Waals surface area contributed by atoms with Gasteiger partial charge in [-0.2, -0.15) is 0 Å². The second-order valence-electron chi connectivity index (χ2n) is 9.37. The van der Waals surface area contributed by atoms with Crippen LogP contribution in [0, 0.1) is 5.92 Å². The Kier molecular flexibility index (Phi) is 11.0. The normalized spacial score (nSPS) is 18.5.